The second-order valence-electron chi connectivity index (χ2n) is 5.25. The van der Waals surface area contributed by atoms with E-state index in [4.69, 9.17) is 11.6 Å². The SMILES string of the molecule is CCN(CC)C(CNCc1cccnc1)c1ccccc1Cl. The van der Waals surface area contributed by atoms with E-state index in [0.29, 0.717) is 0 Å². The summed E-state index contributed by atoms with van der Waals surface area (Å²) in [6.07, 6.45) is 3.70. The van der Waals surface area contributed by atoms with Gasteiger partial charge in [-0.25, -0.2) is 0 Å². The van der Waals surface area contributed by atoms with Gasteiger partial charge in [0.1, 0.15) is 0 Å². The molecule has 0 aliphatic carbocycles. The Morgan fingerprint density at radius 2 is 1.91 bits per heavy atom. The van der Waals surface area contributed by atoms with Crippen molar-refractivity contribution in [1.82, 2.24) is 15.2 Å². The van der Waals surface area contributed by atoms with Crippen molar-refractivity contribution in [3.8, 4) is 0 Å². The number of hydrogen-bond acceptors (Lipinski definition) is 3. The summed E-state index contributed by atoms with van der Waals surface area (Å²) in [5.41, 5.74) is 2.38. The van der Waals surface area contributed by atoms with Crippen LogP contribution in [0.4, 0.5) is 0 Å². The molecule has 0 spiro atoms. The molecule has 2 aromatic rings. The summed E-state index contributed by atoms with van der Waals surface area (Å²) in [4.78, 5) is 6.58. The molecule has 0 amide bonds. The maximum Gasteiger partial charge on any atom is 0.0487 e. The molecular formula is C18H24ClN3. The minimum atomic E-state index is 0.278. The summed E-state index contributed by atoms with van der Waals surface area (Å²) >= 11 is 6.41. The summed E-state index contributed by atoms with van der Waals surface area (Å²) in [5.74, 6) is 0. The Morgan fingerprint density at radius 1 is 1.14 bits per heavy atom. The zero-order valence-electron chi connectivity index (χ0n) is 13.3. The minimum Gasteiger partial charge on any atom is -0.311 e. The van der Waals surface area contributed by atoms with Crippen LogP contribution in [0.3, 0.4) is 0 Å². The summed E-state index contributed by atoms with van der Waals surface area (Å²) in [6.45, 7) is 8.06. The normalized spacial score (nSPS) is 12.5. The lowest BCUT2D eigenvalue weighted by molar-refractivity contribution is 0.213. The van der Waals surface area contributed by atoms with Crippen LogP contribution in [0.1, 0.15) is 31.0 Å². The summed E-state index contributed by atoms with van der Waals surface area (Å²) in [7, 11) is 0. The smallest absolute Gasteiger partial charge is 0.0487 e. The van der Waals surface area contributed by atoms with E-state index in [9.17, 15) is 0 Å². The summed E-state index contributed by atoms with van der Waals surface area (Å²) < 4.78 is 0. The lowest BCUT2D eigenvalue weighted by atomic mass is 10.0. The average Bonchev–Trinajstić information content (AvgIpc) is 2.56. The molecule has 1 aromatic heterocycles. The first-order chi connectivity index (χ1) is 10.8. The number of likely N-dealkylation sites (N-methyl/N-ethyl adjacent to an activating group) is 1. The van der Waals surface area contributed by atoms with Gasteiger partial charge in [0.25, 0.3) is 0 Å². The highest BCUT2D eigenvalue weighted by Crippen LogP contribution is 2.27. The molecule has 0 saturated heterocycles. The third kappa shape index (κ3) is 4.54. The second-order valence-corrected chi connectivity index (χ2v) is 5.66. The van der Waals surface area contributed by atoms with E-state index in [0.717, 1.165) is 31.2 Å². The van der Waals surface area contributed by atoms with E-state index in [1.165, 1.54) is 11.1 Å². The van der Waals surface area contributed by atoms with E-state index in [-0.39, 0.29) is 6.04 Å². The van der Waals surface area contributed by atoms with Crippen LogP contribution in [0.2, 0.25) is 5.02 Å². The molecule has 1 unspecified atom stereocenters. The van der Waals surface area contributed by atoms with Crippen LogP contribution < -0.4 is 5.32 Å². The number of halogens is 1. The monoisotopic (exact) mass is 317 g/mol. The van der Waals surface area contributed by atoms with Crippen LogP contribution in [0.25, 0.3) is 0 Å². The van der Waals surface area contributed by atoms with E-state index in [2.05, 4.69) is 47.2 Å². The third-order valence-corrected chi connectivity index (χ3v) is 4.25. The largest absolute Gasteiger partial charge is 0.311 e. The molecule has 118 valence electrons. The minimum absolute atomic E-state index is 0.278. The number of aromatic nitrogens is 1. The van der Waals surface area contributed by atoms with Crippen molar-refractivity contribution < 1.29 is 0 Å². The topological polar surface area (TPSA) is 28.2 Å². The lowest BCUT2D eigenvalue weighted by Crippen LogP contribution is -2.35. The zero-order valence-corrected chi connectivity index (χ0v) is 14.1. The number of benzene rings is 1. The van der Waals surface area contributed by atoms with Gasteiger partial charge in [0.05, 0.1) is 0 Å². The Morgan fingerprint density at radius 3 is 2.55 bits per heavy atom. The Labute approximate surface area is 138 Å². The van der Waals surface area contributed by atoms with Gasteiger partial charge in [-0.1, -0.05) is 49.7 Å². The first-order valence-electron chi connectivity index (χ1n) is 7.84. The Kier molecular flexibility index (Phi) is 6.84. The van der Waals surface area contributed by atoms with Crippen molar-refractivity contribution in [1.29, 1.82) is 0 Å². The van der Waals surface area contributed by atoms with Gasteiger partial charge in [0.15, 0.2) is 0 Å². The quantitative estimate of drug-likeness (QED) is 0.800. The second kappa shape index (κ2) is 8.89. The lowest BCUT2D eigenvalue weighted by Gasteiger charge is -2.31. The van der Waals surface area contributed by atoms with Gasteiger partial charge < -0.3 is 5.32 Å². The van der Waals surface area contributed by atoms with Crippen LogP contribution in [-0.4, -0.2) is 29.5 Å². The van der Waals surface area contributed by atoms with Crippen LogP contribution in [-0.2, 0) is 6.54 Å². The van der Waals surface area contributed by atoms with Crippen molar-refractivity contribution in [3.63, 3.8) is 0 Å². The summed E-state index contributed by atoms with van der Waals surface area (Å²) in [5, 5.41) is 4.37. The van der Waals surface area contributed by atoms with Gasteiger partial charge in [-0.15, -0.1) is 0 Å². The predicted octanol–water partition coefficient (Wildman–Crippen LogP) is 3.91. The fourth-order valence-corrected chi connectivity index (χ4v) is 2.96. The van der Waals surface area contributed by atoms with Crippen LogP contribution >= 0.6 is 11.6 Å². The van der Waals surface area contributed by atoms with E-state index in [1.54, 1.807) is 6.20 Å². The van der Waals surface area contributed by atoms with Crippen LogP contribution in [0.5, 0.6) is 0 Å². The highest BCUT2D eigenvalue weighted by atomic mass is 35.5. The molecule has 3 nitrogen and oxygen atoms in total. The van der Waals surface area contributed by atoms with E-state index >= 15 is 0 Å². The first-order valence-corrected chi connectivity index (χ1v) is 8.22. The molecule has 1 aromatic carbocycles. The molecule has 1 heterocycles. The number of nitrogens with zero attached hydrogens (tertiary/aromatic N) is 2. The fourth-order valence-electron chi connectivity index (χ4n) is 2.70. The molecular weight excluding hydrogens is 294 g/mol. The third-order valence-electron chi connectivity index (χ3n) is 3.91. The van der Waals surface area contributed by atoms with Crippen LogP contribution in [0, 0.1) is 0 Å². The molecule has 2 rings (SSSR count). The molecule has 0 aliphatic rings. The molecule has 0 aliphatic heterocycles. The van der Waals surface area contributed by atoms with Gasteiger partial charge in [0.2, 0.25) is 0 Å². The molecule has 0 radical (unpaired) electrons. The highest BCUT2D eigenvalue weighted by Gasteiger charge is 2.19. The predicted molar refractivity (Wildman–Crippen MR) is 93.1 cm³/mol. The summed E-state index contributed by atoms with van der Waals surface area (Å²) in [6, 6.07) is 12.5. The van der Waals surface area contributed by atoms with Gasteiger partial charge in [-0.3, -0.25) is 9.88 Å². The van der Waals surface area contributed by atoms with E-state index < -0.39 is 0 Å². The number of nitrogens with one attached hydrogen (secondary N) is 1. The van der Waals surface area contributed by atoms with E-state index in [1.807, 2.05) is 24.4 Å². The first kappa shape index (κ1) is 16.9. The Bertz CT molecular complexity index is 555. The van der Waals surface area contributed by atoms with Gasteiger partial charge in [-0.05, 0) is 36.3 Å². The number of hydrogen-bond donors (Lipinski definition) is 1. The molecule has 4 heteroatoms. The molecule has 1 atom stereocenters. The molecule has 22 heavy (non-hydrogen) atoms. The highest BCUT2D eigenvalue weighted by molar-refractivity contribution is 6.31. The average molecular weight is 318 g/mol. The standard InChI is InChI=1S/C18H24ClN3/c1-3-22(4-2)18(16-9-5-6-10-17(16)19)14-21-13-15-8-7-11-20-12-15/h5-12,18,21H,3-4,13-14H2,1-2H3. The Hall–Kier alpha value is -1.42. The molecule has 0 fully saturated rings. The van der Waals surface area contributed by atoms with Crippen molar-refractivity contribution >= 4 is 11.6 Å². The van der Waals surface area contributed by atoms with Crippen molar-refractivity contribution in [2.75, 3.05) is 19.6 Å². The van der Waals surface area contributed by atoms with Gasteiger partial charge in [-0.2, -0.15) is 0 Å². The molecule has 0 saturated carbocycles. The maximum atomic E-state index is 6.41. The molecule has 0 bridgehead atoms. The Balaban J connectivity index is 2.07. The molecule has 1 N–H and O–H groups in total. The van der Waals surface area contributed by atoms with Crippen molar-refractivity contribution in [2.24, 2.45) is 0 Å². The fraction of sp³-hybridized carbons (Fsp3) is 0.389. The van der Waals surface area contributed by atoms with Gasteiger partial charge >= 0.3 is 0 Å². The van der Waals surface area contributed by atoms with Crippen molar-refractivity contribution in [2.45, 2.75) is 26.4 Å². The van der Waals surface area contributed by atoms with Gasteiger partial charge in [0, 0.05) is 36.5 Å². The number of rotatable bonds is 8. The van der Waals surface area contributed by atoms with Crippen molar-refractivity contribution in [3.05, 3.63) is 64.9 Å². The van der Waals surface area contributed by atoms with Crippen LogP contribution in [0.15, 0.2) is 48.8 Å². The zero-order chi connectivity index (χ0) is 15.8. The maximum absolute atomic E-state index is 6.41. The number of pyridine rings is 1.